The molecule has 6 heteroatoms. The number of carbonyl (C=O) groups excluding carboxylic acids is 1. The van der Waals surface area contributed by atoms with E-state index >= 15 is 0 Å². The molecule has 0 radical (unpaired) electrons. The molecule has 1 amide bonds. The molecule has 0 unspecified atom stereocenters. The molecule has 1 aromatic carbocycles. The summed E-state index contributed by atoms with van der Waals surface area (Å²) in [6.45, 7) is 10.4. The van der Waals surface area contributed by atoms with Gasteiger partial charge in [-0.05, 0) is 32.9 Å². The number of rotatable bonds is 2. The number of benzene rings is 1. The minimum atomic E-state index is -0.509. The summed E-state index contributed by atoms with van der Waals surface area (Å²) in [7, 11) is 0. The monoisotopic (exact) mass is 312 g/mol. The van der Waals surface area contributed by atoms with Crippen LogP contribution < -0.4 is 5.32 Å². The van der Waals surface area contributed by atoms with Gasteiger partial charge >= 0.3 is 6.09 Å². The molecule has 0 atom stereocenters. The molecule has 1 fully saturated rings. The zero-order valence-electron chi connectivity index (χ0n) is 13.8. The number of hydrogen-bond acceptors (Lipinski definition) is 4. The highest BCUT2D eigenvalue weighted by molar-refractivity contribution is 5.70. The number of nitrogens with one attached hydrogen (secondary N) is 1. The standard InChI is InChI=1S/C14H19FN2O3.C2H6/c1-14(2,3)20-13(19)17-7-10(8-17)16-11-5-4-9(15)6-12(11)18;1-2/h4-6,10,16,18H,7-8H2,1-3H3;1-2H3. The van der Waals surface area contributed by atoms with Crippen LogP contribution in [0.5, 0.6) is 5.75 Å². The number of hydrogen-bond donors (Lipinski definition) is 2. The van der Waals surface area contributed by atoms with Crippen molar-refractivity contribution < 1.29 is 19.0 Å². The van der Waals surface area contributed by atoms with Crippen LogP contribution in [0.25, 0.3) is 0 Å². The van der Waals surface area contributed by atoms with Crippen LogP contribution in [-0.4, -0.2) is 40.8 Å². The van der Waals surface area contributed by atoms with Gasteiger partial charge in [-0.2, -0.15) is 0 Å². The third-order valence-electron chi connectivity index (χ3n) is 2.85. The van der Waals surface area contributed by atoms with Crippen LogP contribution in [0.15, 0.2) is 18.2 Å². The van der Waals surface area contributed by atoms with Crippen LogP contribution in [0, 0.1) is 5.82 Å². The SMILES string of the molecule is CC.CC(C)(C)OC(=O)N1CC(Nc2ccc(F)cc2O)C1. The zero-order valence-corrected chi connectivity index (χ0v) is 13.8. The molecular formula is C16H25FN2O3. The maximum absolute atomic E-state index is 12.8. The van der Waals surface area contributed by atoms with Crippen molar-refractivity contribution in [3.8, 4) is 5.75 Å². The molecule has 124 valence electrons. The minimum Gasteiger partial charge on any atom is -0.506 e. The number of nitrogens with zero attached hydrogens (tertiary/aromatic N) is 1. The summed E-state index contributed by atoms with van der Waals surface area (Å²) in [5.41, 5.74) is -0.0505. The number of halogens is 1. The van der Waals surface area contributed by atoms with E-state index in [-0.39, 0.29) is 17.9 Å². The molecule has 5 nitrogen and oxygen atoms in total. The second-order valence-electron chi connectivity index (χ2n) is 5.89. The molecule has 0 spiro atoms. The second kappa shape index (κ2) is 7.33. The van der Waals surface area contributed by atoms with Gasteiger partial charge in [0.05, 0.1) is 11.7 Å². The molecule has 1 aromatic rings. The Balaban J connectivity index is 0.00000116. The van der Waals surface area contributed by atoms with E-state index in [2.05, 4.69) is 5.32 Å². The first kappa shape index (κ1) is 18.1. The maximum atomic E-state index is 12.8. The largest absolute Gasteiger partial charge is 0.506 e. The average molecular weight is 312 g/mol. The first-order valence-corrected chi connectivity index (χ1v) is 7.47. The van der Waals surface area contributed by atoms with Gasteiger partial charge in [-0.3, -0.25) is 0 Å². The van der Waals surface area contributed by atoms with Gasteiger partial charge < -0.3 is 20.1 Å². The van der Waals surface area contributed by atoms with Crippen molar-refractivity contribution in [2.45, 2.75) is 46.3 Å². The van der Waals surface area contributed by atoms with Crippen molar-refractivity contribution >= 4 is 11.8 Å². The maximum Gasteiger partial charge on any atom is 0.410 e. The molecule has 2 rings (SSSR count). The Labute approximate surface area is 131 Å². The van der Waals surface area contributed by atoms with Crippen LogP contribution in [0.1, 0.15) is 34.6 Å². The second-order valence-corrected chi connectivity index (χ2v) is 5.89. The first-order chi connectivity index (χ1) is 10.2. The number of likely N-dealkylation sites (tertiary alicyclic amines) is 1. The van der Waals surface area contributed by atoms with Crippen molar-refractivity contribution in [1.82, 2.24) is 4.90 Å². The van der Waals surface area contributed by atoms with Crippen LogP contribution in [-0.2, 0) is 4.74 Å². The van der Waals surface area contributed by atoms with Gasteiger partial charge in [0.25, 0.3) is 0 Å². The molecule has 0 aromatic heterocycles. The Morgan fingerprint density at radius 3 is 2.45 bits per heavy atom. The molecular weight excluding hydrogens is 287 g/mol. The van der Waals surface area contributed by atoms with E-state index < -0.39 is 11.4 Å². The quantitative estimate of drug-likeness (QED) is 0.819. The highest BCUT2D eigenvalue weighted by Crippen LogP contribution is 2.26. The Morgan fingerprint density at radius 2 is 1.95 bits per heavy atom. The van der Waals surface area contributed by atoms with E-state index in [4.69, 9.17) is 4.74 Å². The highest BCUT2D eigenvalue weighted by Gasteiger charge is 2.33. The highest BCUT2D eigenvalue weighted by atomic mass is 19.1. The lowest BCUT2D eigenvalue weighted by atomic mass is 10.1. The molecule has 1 aliphatic heterocycles. The predicted molar refractivity (Wildman–Crippen MR) is 84.6 cm³/mol. The van der Waals surface area contributed by atoms with E-state index in [0.29, 0.717) is 18.8 Å². The number of phenols is 1. The van der Waals surface area contributed by atoms with Gasteiger partial charge in [0.15, 0.2) is 0 Å². The van der Waals surface area contributed by atoms with E-state index in [1.807, 2.05) is 34.6 Å². The number of carbonyl (C=O) groups is 1. The lowest BCUT2D eigenvalue weighted by molar-refractivity contribution is 0.0105. The summed E-state index contributed by atoms with van der Waals surface area (Å²) >= 11 is 0. The topological polar surface area (TPSA) is 61.8 Å². The van der Waals surface area contributed by atoms with Crippen molar-refractivity contribution in [2.24, 2.45) is 0 Å². The molecule has 0 saturated carbocycles. The third-order valence-corrected chi connectivity index (χ3v) is 2.85. The van der Waals surface area contributed by atoms with Gasteiger partial charge in [-0.15, -0.1) is 0 Å². The molecule has 0 aliphatic carbocycles. The van der Waals surface area contributed by atoms with Crippen molar-refractivity contribution in [3.63, 3.8) is 0 Å². The number of aromatic hydroxyl groups is 1. The predicted octanol–water partition coefficient (Wildman–Crippen LogP) is 3.59. The zero-order chi connectivity index (χ0) is 16.9. The Morgan fingerprint density at radius 1 is 1.36 bits per heavy atom. The summed E-state index contributed by atoms with van der Waals surface area (Å²) in [4.78, 5) is 13.3. The Bertz CT molecular complexity index is 509. The molecule has 1 aliphatic rings. The van der Waals surface area contributed by atoms with Crippen molar-refractivity contribution in [3.05, 3.63) is 24.0 Å². The number of anilines is 1. The van der Waals surface area contributed by atoms with Gasteiger partial charge in [0.1, 0.15) is 17.2 Å². The van der Waals surface area contributed by atoms with Crippen LogP contribution >= 0.6 is 0 Å². The molecule has 0 bridgehead atoms. The summed E-state index contributed by atoms with van der Waals surface area (Å²) in [5.74, 6) is -0.627. The fourth-order valence-corrected chi connectivity index (χ4v) is 1.89. The fraction of sp³-hybridized carbons (Fsp3) is 0.562. The minimum absolute atomic E-state index is 0.0267. The summed E-state index contributed by atoms with van der Waals surface area (Å²) < 4.78 is 18.1. The van der Waals surface area contributed by atoms with Crippen LogP contribution in [0.3, 0.4) is 0 Å². The lowest BCUT2D eigenvalue weighted by Gasteiger charge is -2.40. The smallest absolute Gasteiger partial charge is 0.410 e. The molecule has 22 heavy (non-hydrogen) atoms. The number of phenolic OH excluding ortho intramolecular Hbond substituents is 1. The van der Waals surface area contributed by atoms with E-state index in [9.17, 15) is 14.3 Å². The summed E-state index contributed by atoms with van der Waals surface area (Å²) in [6.07, 6.45) is -0.348. The molecule has 2 N–H and O–H groups in total. The van der Waals surface area contributed by atoms with Gasteiger partial charge in [-0.25, -0.2) is 9.18 Å². The average Bonchev–Trinajstić information content (AvgIpc) is 2.35. The fourth-order valence-electron chi connectivity index (χ4n) is 1.89. The van der Waals surface area contributed by atoms with Crippen molar-refractivity contribution in [2.75, 3.05) is 18.4 Å². The lowest BCUT2D eigenvalue weighted by Crippen LogP contribution is -2.57. The van der Waals surface area contributed by atoms with Gasteiger partial charge in [-0.1, -0.05) is 13.8 Å². The van der Waals surface area contributed by atoms with E-state index in [1.165, 1.54) is 12.1 Å². The van der Waals surface area contributed by atoms with Gasteiger partial charge in [0, 0.05) is 19.2 Å². The Kier molecular flexibility index (Phi) is 6.02. The molecule has 1 heterocycles. The number of ether oxygens (including phenoxy) is 1. The Hall–Kier alpha value is -1.98. The summed E-state index contributed by atoms with van der Waals surface area (Å²) in [6, 6.07) is 3.82. The number of amides is 1. The van der Waals surface area contributed by atoms with E-state index in [0.717, 1.165) is 6.07 Å². The molecule has 1 saturated heterocycles. The van der Waals surface area contributed by atoms with Crippen LogP contribution in [0.2, 0.25) is 0 Å². The van der Waals surface area contributed by atoms with Gasteiger partial charge in [0.2, 0.25) is 0 Å². The normalized spacial score (nSPS) is 14.5. The van der Waals surface area contributed by atoms with Crippen molar-refractivity contribution in [1.29, 1.82) is 0 Å². The summed E-state index contributed by atoms with van der Waals surface area (Å²) in [5, 5.41) is 12.6. The van der Waals surface area contributed by atoms with E-state index in [1.54, 1.807) is 4.90 Å². The van der Waals surface area contributed by atoms with Crippen LogP contribution in [0.4, 0.5) is 14.9 Å². The third kappa shape index (κ3) is 5.09. The first-order valence-electron chi connectivity index (χ1n) is 7.47.